The lowest BCUT2D eigenvalue weighted by atomic mass is 10.1. The molecule has 0 aliphatic rings. The normalized spacial score (nSPS) is 10.9. The van der Waals surface area contributed by atoms with Crippen LogP contribution in [0.2, 0.25) is 0 Å². The second kappa shape index (κ2) is 4.77. The van der Waals surface area contributed by atoms with Crippen molar-refractivity contribution < 1.29 is 9.90 Å². The van der Waals surface area contributed by atoms with E-state index in [0.29, 0.717) is 17.4 Å². The van der Waals surface area contributed by atoms with Gasteiger partial charge in [-0.05, 0) is 38.0 Å². The van der Waals surface area contributed by atoms with Crippen LogP contribution in [0.4, 0.5) is 0 Å². The third kappa shape index (κ3) is 2.06. The van der Waals surface area contributed by atoms with Crippen LogP contribution in [0.1, 0.15) is 28.5 Å². The summed E-state index contributed by atoms with van der Waals surface area (Å²) in [4.78, 5) is 23.4. The third-order valence-electron chi connectivity index (χ3n) is 3.10. The zero-order chi connectivity index (χ0) is 14.3. The van der Waals surface area contributed by atoms with Crippen molar-refractivity contribution in [3.05, 3.63) is 37.6 Å². The van der Waals surface area contributed by atoms with Crippen molar-refractivity contribution in [2.45, 2.75) is 27.3 Å². The number of rotatable bonds is 2. The van der Waals surface area contributed by atoms with Crippen LogP contribution < -0.4 is 5.43 Å². The highest BCUT2D eigenvalue weighted by molar-refractivity contribution is 9.10. The summed E-state index contributed by atoms with van der Waals surface area (Å²) in [5.41, 5.74) is 1.41. The first-order valence-electron chi connectivity index (χ1n) is 5.82. The minimum Gasteiger partial charge on any atom is -0.476 e. The van der Waals surface area contributed by atoms with Crippen LogP contribution >= 0.6 is 15.9 Å². The molecule has 1 aromatic heterocycles. The van der Waals surface area contributed by atoms with Crippen LogP contribution in [-0.2, 0) is 6.54 Å². The maximum Gasteiger partial charge on any atom is 0.360 e. The topological polar surface area (TPSA) is 72.2 Å². The molecule has 2 rings (SSSR count). The van der Waals surface area contributed by atoms with Crippen molar-refractivity contribution in [3.8, 4) is 0 Å². The van der Waals surface area contributed by atoms with E-state index in [1.165, 1.54) is 0 Å². The third-order valence-corrected chi connectivity index (χ3v) is 4.32. The van der Waals surface area contributed by atoms with Gasteiger partial charge in [-0.2, -0.15) is 5.10 Å². The maximum absolute atomic E-state index is 12.2. The zero-order valence-electron chi connectivity index (χ0n) is 10.8. The first kappa shape index (κ1) is 13.7. The molecule has 0 atom stereocenters. The summed E-state index contributed by atoms with van der Waals surface area (Å²) in [6, 6.07) is 1.84. The number of carbonyl (C=O) groups is 1. The maximum atomic E-state index is 12.2. The average Bonchev–Trinajstić information content (AvgIpc) is 2.35. The van der Waals surface area contributed by atoms with E-state index < -0.39 is 17.1 Å². The van der Waals surface area contributed by atoms with E-state index in [-0.39, 0.29) is 0 Å². The number of aryl methyl sites for hydroxylation is 3. The molecule has 0 radical (unpaired) electrons. The molecule has 19 heavy (non-hydrogen) atoms. The van der Waals surface area contributed by atoms with Gasteiger partial charge in [0.05, 0.1) is 10.9 Å². The molecule has 1 N–H and O–H groups in total. The Morgan fingerprint density at radius 3 is 2.63 bits per heavy atom. The van der Waals surface area contributed by atoms with Gasteiger partial charge in [-0.15, -0.1) is 0 Å². The summed E-state index contributed by atoms with van der Waals surface area (Å²) in [6.45, 7) is 6.07. The predicted molar refractivity (Wildman–Crippen MR) is 75.8 cm³/mol. The van der Waals surface area contributed by atoms with Gasteiger partial charge in [0.1, 0.15) is 0 Å². The first-order chi connectivity index (χ1) is 8.88. The SMILES string of the molecule is CCn1nc(C(=O)O)c(=O)c2c(C)c(Br)c(C)cc21. The molecule has 1 aromatic carbocycles. The summed E-state index contributed by atoms with van der Waals surface area (Å²) < 4.78 is 2.37. The molecule has 0 bridgehead atoms. The second-order valence-electron chi connectivity index (χ2n) is 4.33. The Balaban J connectivity index is 3.09. The zero-order valence-corrected chi connectivity index (χ0v) is 12.4. The Morgan fingerprint density at radius 1 is 1.47 bits per heavy atom. The Labute approximate surface area is 118 Å². The summed E-state index contributed by atoms with van der Waals surface area (Å²) >= 11 is 3.43. The second-order valence-corrected chi connectivity index (χ2v) is 5.12. The fourth-order valence-electron chi connectivity index (χ4n) is 2.15. The fraction of sp³-hybridized carbons (Fsp3) is 0.308. The number of aromatic nitrogens is 2. The molecule has 0 saturated heterocycles. The Hall–Kier alpha value is -1.69. The van der Waals surface area contributed by atoms with E-state index in [9.17, 15) is 9.59 Å². The molecule has 0 saturated carbocycles. The minimum atomic E-state index is -1.30. The number of hydrogen-bond acceptors (Lipinski definition) is 3. The number of carboxylic acids is 1. The molecule has 2 aromatic rings. The number of benzene rings is 1. The summed E-state index contributed by atoms with van der Waals surface area (Å²) in [5, 5.41) is 13.4. The standard InChI is InChI=1S/C13H13BrN2O3/c1-4-16-8-5-6(2)10(14)7(3)9(8)12(17)11(15-16)13(18)19/h5H,4H2,1-3H3,(H,18,19). The van der Waals surface area contributed by atoms with Crippen molar-refractivity contribution in [1.82, 2.24) is 9.78 Å². The molecule has 100 valence electrons. The van der Waals surface area contributed by atoms with Gasteiger partial charge < -0.3 is 5.11 Å². The predicted octanol–water partition coefficient (Wildman–Crippen LogP) is 2.49. The lowest BCUT2D eigenvalue weighted by Crippen LogP contribution is -2.23. The van der Waals surface area contributed by atoms with Crippen LogP contribution in [-0.4, -0.2) is 20.9 Å². The Bertz CT molecular complexity index is 750. The van der Waals surface area contributed by atoms with Crippen molar-refractivity contribution >= 4 is 32.8 Å². The van der Waals surface area contributed by atoms with Gasteiger partial charge in [-0.3, -0.25) is 9.48 Å². The van der Waals surface area contributed by atoms with Crippen LogP contribution in [0.25, 0.3) is 10.9 Å². The van der Waals surface area contributed by atoms with Gasteiger partial charge in [-0.25, -0.2) is 4.79 Å². The molecule has 0 unspecified atom stereocenters. The van der Waals surface area contributed by atoms with E-state index in [1.807, 2.05) is 19.9 Å². The summed E-state index contributed by atoms with van der Waals surface area (Å²) in [6.07, 6.45) is 0. The number of nitrogens with zero attached hydrogens (tertiary/aromatic N) is 2. The van der Waals surface area contributed by atoms with Gasteiger partial charge in [0.2, 0.25) is 11.1 Å². The van der Waals surface area contributed by atoms with Gasteiger partial charge in [-0.1, -0.05) is 15.9 Å². The Kier molecular flexibility index (Phi) is 3.45. The summed E-state index contributed by atoms with van der Waals surface area (Å²) in [5.74, 6) is -1.30. The minimum absolute atomic E-state index is 0.409. The highest BCUT2D eigenvalue weighted by Crippen LogP contribution is 2.27. The van der Waals surface area contributed by atoms with Gasteiger partial charge >= 0.3 is 5.97 Å². The quantitative estimate of drug-likeness (QED) is 0.921. The van der Waals surface area contributed by atoms with E-state index >= 15 is 0 Å². The molecule has 0 spiro atoms. The number of aromatic carboxylic acids is 1. The number of hydrogen-bond donors (Lipinski definition) is 1. The Morgan fingerprint density at radius 2 is 2.11 bits per heavy atom. The van der Waals surface area contributed by atoms with E-state index in [0.717, 1.165) is 15.6 Å². The molecular weight excluding hydrogens is 312 g/mol. The van der Waals surface area contributed by atoms with E-state index in [4.69, 9.17) is 5.11 Å². The molecule has 0 aliphatic carbocycles. The van der Waals surface area contributed by atoms with E-state index in [2.05, 4.69) is 21.0 Å². The van der Waals surface area contributed by atoms with Crippen LogP contribution in [0, 0.1) is 13.8 Å². The molecule has 0 fully saturated rings. The van der Waals surface area contributed by atoms with Crippen LogP contribution in [0.3, 0.4) is 0 Å². The van der Waals surface area contributed by atoms with Crippen LogP contribution in [0.5, 0.6) is 0 Å². The van der Waals surface area contributed by atoms with Gasteiger partial charge in [0.15, 0.2) is 0 Å². The fourth-order valence-corrected chi connectivity index (χ4v) is 2.46. The monoisotopic (exact) mass is 324 g/mol. The molecule has 0 aliphatic heterocycles. The summed E-state index contributed by atoms with van der Waals surface area (Å²) in [7, 11) is 0. The molecular formula is C13H13BrN2O3. The smallest absolute Gasteiger partial charge is 0.360 e. The van der Waals surface area contributed by atoms with Crippen molar-refractivity contribution in [1.29, 1.82) is 0 Å². The average molecular weight is 325 g/mol. The van der Waals surface area contributed by atoms with Crippen LogP contribution in [0.15, 0.2) is 15.3 Å². The molecule has 1 heterocycles. The van der Waals surface area contributed by atoms with Crippen molar-refractivity contribution in [2.24, 2.45) is 0 Å². The van der Waals surface area contributed by atoms with Crippen molar-refractivity contribution in [3.63, 3.8) is 0 Å². The number of fused-ring (bicyclic) bond motifs is 1. The first-order valence-corrected chi connectivity index (χ1v) is 6.61. The van der Waals surface area contributed by atoms with Gasteiger partial charge in [0.25, 0.3) is 0 Å². The van der Waals surface area contributed by atoms with Gasteiger partial charge in [0, 0.05) is 11.0 Å². The lowest BCUT2D eigenvalue weighted by molar-refractivity contribution is 0.0686. The number of carboxylic acid groups (broad SMARTS) is 1. The molecule has 5 nitrogen and oxygen atoms in total. The largest absolute Gasteiger partial charge is 0.476 e. The molecule has 0 amide bonds. The molecule has 6 heteroatoms. The highest BCUT2D eigenvalue weighted by atomic mass is 79.9. The highest BCUT2D eigenvalue weighted by Gasteiger charge is 2.19. The van der Waals surface area contributed by atoms with E-state index in [1.54, 1.807) is 11.6 Å². The number of halogens is 1. The van der Waals surface area contributed by atoms with Crippen molar-refractivity contribution in [2.75, 3.05) is 0 Å². The lowest BCUT2D eigenvalue weighted by Gasteiger charge is -2.13.